The van der Waals surface area contributed by atoms with Crippen molar-refractivity contribution in [1.82, 2.24) is 10.3 Å². The van der Waals surface area contributed by atoms with E-state index in [0.29, 0.717) is 22.4 Å². The van der Waals surface area contributed by atoms with Crippen LogP contribution in [0.25, 0.3) is 6.08 Å². The van der Waals surface area contributed by atoms with Crippen LogP contribution < -0.4 is 10.1 Å². The van der Waals surface area contributed by atoms with Gasteiger partial charge in [0.25, 0.3) is 0 Å². The van der Waals surface area contributed by atoms with Gasteiger partial charge in [-0.3, -0.25) is 9.78 Å². The van der Waals surface area contributed by atoms with Crippen molar-refractivity contribution in [2.75, 3.05) is 6.61 Å². The van der Waals surface area contributed by atoms with Crippen molar-refractivity contribution in [3.63, 3.8) is 0 Å². The van der Waals surface area contributed by atoms with Gasteiger partial charge in [0.15, 0.2) is 6.61 Å². The lowest BCUT2D eigenvalue weighted by Crippen LogP contribution is -2.28. The van der Waals surface area contributed by atoms with Crippen LogP contribution in [0.5, 0.6) is 5.75 Å². The molecule has 1 aromatic carbocycles. The Bertz CT molecular complexity index is 876. The number of hydrogen-bond donors (Lipinski definition) is 1. The highest BCUT2D eigenvalue weighted by Crippen LogP contribution is 2.27. The van der Waals surface area contributed by atoms with Crippen LogP contribution in [-0.4, -0.2) is 23.7 Å². The zero-order valence-electron chi connectivity index (χ0n) is 14.3. The van der Waals surface area contributed by atoms with Crippen LogP contribution in [0.4, 0.5) is 17.6 Å². The van der Waals surface area contributed by atoms with Gasteiger partial charge in [0.2, 0.25) is 5.91 Å². The molecule has 8 heteroatoms. The SMILES string of the molecule is C[C@@H](NC(=O)C1=Cc2cccc(F)c2C1)c1ccc(OCC(F)(F)F)cn1. The Morgan fingerprint density at radius 1 is 1.30 bits per heavy atom. The van der Waals surface area contributed by atoms with Gasteiger partial charge in [-0.1, -0.05) is 12.1 Å². The molecule has 3 rings (SSSR count). The smallest absolute Gasteiger partial charge is 0.422 e. The molecule has 142 valence electrons. The average molecular weight is 380 g/mol. The second-order valence-corrected chi connectivity index (χ2v) is 6.17. The number of carbonyl (C=O) groups excluding carboxylic acids is 1. The molecule has 4 nitrogen and oxygen atoms in total. The Morgan fingerprint density at radius 3 is 2.70 bits per heavy atom. The number of nitrogens with zero attached hydrogens (tertiary/aromatic N) is 1. The van der Waals surface area contributed by atoms with E-state index in [1.165, 1.54) is 24.4 Å². The van der Waals surface area contributed by atoms with Crippen LogP contribution in [0.2, 0.25) is 0 Å². The summed E-state index contributed by atoms with van der Waals surface area (Å²) in [5, 5.41) is 2.76. The molecule has 1 amide bonds. The number of fused-ring (bicyclic) bond motifs is 1. The number of aromatic nitrogens is 1. The molecule has 27 heavy (non-hydrogen) atoms. The minimum absolute atomic E-state index is 0.0148. The molecule has 2 aromatic rings. The predicted molar refractivity (Wildman–Crippen MR) is 90.4 cm³/mol. The first kappa shape index (κ1) is 18.9. The van der Waals surface area contributed by atoms with Gasteiger partial charge in [-0.15, -0.1) is 0 Å². The van der Waals surface area contributed by atoms with E-state index in [-0.39, 0.29) is 23.9 Å². The molecular weight excluding hydrogens is 364 g/mol. The number of nitrogens with one attached hydrogen (secondary N) is 1. The third-order valence-corrected chi connectivity index (χ3v) is 4.10. The lowest BCUT2D eigenvalue weighted by molar-refractivity contribution is -0.153. The molecule has 1 aliphatic rings. The van der Waals surface area contributed by atoms with Crippen molar-refractivity contribution in [2.24, 2.45) is 0 Å². The summed E-state index contributed by atoms with van der Waals surface area (Å²) < 4.78 is 54.8. The van der Waals surface area contributed by atoms with Gasteiger partial charge in [-0.2, -0.15) is 13.2 Å². The number of pyridine rings is 1. The molecule has 0 spiro atoms. The summed E-state index contributed by atoms with van der Waals surface area (Å²) in [5.74, 6) is -0.716. The summed E-state index contributed by atoms with van der Waals surface area (Å²) >= 11 is 0. The maximum Gasteiger partial charge on any atom is 0.422 e. The fourth-order valence-corrected chi connectivity index (χ4v) is 2.73. The fourth-order valence-electron chi connectivity index (χ4n) is 2.73. The van der Waals surface area contributed by atoms with Crippen molar-refractivity contribution < 1.29 is 27.1 Å². The second-order valence-electron chi connectivity index (χ2n) is 6.17. The molecule has 0 saturated carbocycles. The van der Waals surface area contributed by atoms with E-state index in [4.69, 9.17) is 0 Å². The van der Waals surface area contributed by atoms with Crippen molar-refractivity contribution in [1.29, 1.82) is 0 Å². The van der Waals surface area contributed by atoms with Crippen LogP contribution >= 0.6 is 0 Å². The Kier molecular flexibility index (Phi) is 5.16. The molecule has 0 bridgehead atoms. The molecule has 0 aliphatic heterocycles. The number of rotatable bonds is 5. The van der Waals surface area contributed by atoms with Crippen molar-refractivity contribution in [3.8, 4) is 5.75 Å². The van der Waals surface area contributed by atoms with Gasteiger partial charge in [-0.25, -0.2) is 4.39 Å². The number of hydrogen-bond acceptors (Lipinski definition) is 3. The number of halogens is 4. The van der Waals surface area contributed by atoms with Gasteiger partial charge < -0.3 is 10.1 Å². The molecular formula is C19H16F4N2O2. The molecule has 0 saturated heterocycles. The maximum absolute atomic E-state index is 13.8. The topological polar surface area (TPSA) is 51.2 Å². The largest absolute Gasteiger partial charge is 0.483 e. The molecule has 1 aromatic heterocycles. The van der Waals surface area contributed by atoms with E-state index in [1.54, 1.807) is 25.1 Å². The quantitative estimate of drug-likeness (QED) is 0.799. The molecule has 1 atom stereocenters. The Balaban J connectivity index is 1.60. The molecule has 1 heterocycles. The first-order valence-corrected chi connectivity index (χ1v) is 8.17. The Labute approximate surface area is 152 Å². The van der Waals surface area contributed by atoms with E-state index in [9.17, 15) is 22.4 Å². The molecule has 0 radical (unpaired) electrons. The van der Waals surface area contributed by atoms with Gasteiger partial charge in [-0.05, 0) is 42.3 Å². The lowest BCUT2D eigenvalue weighted by atomic mass is 10.1. The summed E-state index contributed by atoms with van der Waals surface area (Å²) in [6, 6.07) is 7.03. The summed E-state index contributed by atoms with van der Waals surface area (Å²) in [6.07, 6.45) is -1.41. The Morgan fingerprint density at radius 2 is 2.07 bits per heavy atom. The first-order valence-electron chi connectivity index (χ1n) is 8.17. The number of ether oxygens (including phenoxy) is 1. The number of benzene rings is 1. The van der Waals surface area contributed by atoms with Crippen LogP contribution in [0, 0.1) is 5.82 Å². The summed E-state index contributed by atoms with van der Waals surface area (Å²) in [7, 11) is 0. The van der Waals surface area contributed by atoms with E-state index >= 15 is 0 Å². The molecule has 0 fully saturated rings. The van der Waals surface area contributed by atoms with Crippen molar-refractivity contribution in [3.05, 3.63) is 64.7 Å². The molecule has 1 aliphatic carbocycles. The van der Waals surface area contributed by atoms with Crippen LogP contribution in [0.1, 0.15) is 29.8 Å². The molecule has 1 N–H and O–H groups in total. The Hall–Kier alpha value is -2.90. The van der Waals surface area contributed by atoms with Gasteiger partial charge in [0, 0.05) is 12.0 Å². The normalized spacial score (nSPS) is 14.3. The van der Waals surface area contributed by atoms with E-state index in [2.05, 4.69) is 15.0 Å². The van der Waals surface area contributed by atoms with E-state index in [1.807, 2.05) is 0 Å². The van der Waals surface area contributed by atoms with Gasteiger partial charge >= 0.3 is 6.18 Å². The maximum atomic E-state index is 13.8. The van der Waals surface area contributed by atoms with Crippen molar-refractivity contribution in [2.45, 2.75) is 25.6 Å². The fraction of sp³-hybridized carbons (Fsp3) is 0.263. The van der Waals surface area contributed by atoms with E-state index in [0.717, 1.165) is 0 Å². The highest BCUT2D eigenvalue weighted by Gasteiger charge is 2.28. The number of amides is 1. The minimum Gasteiger partial charge on any atom is -0.483 e. The number of alkyl halides is 3. The predicted octanol–water partition coefficient (Wildman–Crippen LogP) is 3.98. The third-order valence-electron chi connectivity index (χ3n) is 4.10. The average Bonchev–Trinajstić information content (AvgIpc) is 3.05. The molecule has 0 unspecified atom stereocenters. The number of carbonyl (C=O) groups is 1. The first-order chi connectivity index (χ1) is 12.7. The summed E-state index contributed by atoms with van der Waals surface area (Å²) in [6.45, 7) is 0.297. The van der Waals surface area contributed by atoms with Crippen molar-refractivity contribution >= 4 is 12.0 Å². The zero-order chi connectivity index (χ0) is 19.6. The highest BCUT2D eigenvalue weighted by molar-refractivity contribution is 6.00. The highest BCUT2D eigenvalue weighted by atomic mass is 19.4. The monoisotopic (exact) mass is 380 g/mol. The van der Waals surface area contributed by atoms with Gasteiger partial charge in [0.1, 0.15) is 11.6 Å². The van der Waals surface area contributed by atoms with Crippen LogP contribution in [0.15, 0.2) is 42.1 Å². The van der Waals surface area contributed by atoms with Gasteiger partial charge in [0.05, 0.1) is 17.9 Å². The summed E-state index contributed by atoms with van der Waals surface area (Å²) in [4.78, 5) is 16.4. The third kappa shape index (κ3) is 4.64. The standard InChI is InChI=1S/C19H16F4N2O2/c1-11(17-6-5-14(9-24-17)27-10-19(21,22)23)25-18(26)13-7-12-3-2-4-16(20)15(12)8-13/h2-7,9,11H,8,10H2,1H3,(H,25,26)/t11-/m1/s1. The summed E-state index contributed by atoms with van der Waals surface area (Å²) in [5.41, 5.74) is 2.06. The van der Waals surface area contributed by atoms with E-state index < -0.39 is 18.8 Å². The zero-order valence-corrected chi connectivity index (χ0v) is 14.3. The second kappa shape index (κ2) is 7.38. The van der Waals surface area contributed by atoms with Crippen LogP contribution in [0.3, 0.4) is 0 Å². The van der Waals surface area contributed by atoms with Crippen LogP contribution in [-0.2, 0) is 11.2 Å². The minimum atomic E-state index is -4.42. The lowest BCUT2D eigenvalue weighted by Gasteiger charge is -2.15.